The first kappa shape index (κ1) is 11.3. The van der Waals surface area contributed by atoms with E-state index in [1.54, 1.807) is 6.07 Å². The number of nitrogens with zero attached hydrogens (tertiary/aromatic N) is 1. The van der Waals surface area contributed by atoms with Gasteiger partial charge in [0.25, 0.3) is 0 Å². The monoisotopic (exact) mass is 217 g/mol. The molecule has 0 atom stereocenters. The van der Waals surface area contributed by atoms with Gasteiger partial charge in [0.2, 0.25) is 0 Å². The van der Waals surface area contributed by atoms with E-state index in [0.717, 1.165) is 24.8 Å². The van der Waals surface area contributed by atoms with E-state index < -0.39 is 11.6 Å². The van der Waals surface area contributed by atoms with E-state index in [2.05, 4.69) is 12.6 Å². The quantitative estimate of drug-likeness (QED) is 0.759. The van der Waals surface area contributed by atoms with E-state index >= 15 is 0 Å². The second-order valence-electron chi connectivity index (χ2n) is 3.10. The van der Waals surface area contributed by atoms with Crippen molar-refractivity contribution in [3.8, 4) is 0 Å². The molecule has 0 radical (unpaired) electrons. The van der Waals surface area contributed by atoms with Crippen molar-refractivity contribution >= 4 is 18.3 Å². The van der Waals surface area contributed by atoms with Gasteiger partial charge in [-0.05, 0) is 24.3 Å². The SMILES string of the molecule is CN(CCCS)c1ccc(F)c(F)c1. The average Bonchev–Trinajstić information content (AvgIpc) is 2.18. The summed E-state index contributed by atoms with van der Waals surface area (Å²) in [4.78, 5) is 1.87. The third-order valence-corrected chi connectivity index (χ3v) is 2.31. The molecule has 0 unspecified atom stereocenters. The molecule has 0 aromatic heterocycles. The van der Waals surface area contributed by atoms with Crippen LogP contribution in [0.15, 0.2) is 18.2 Å². The number of hydrogen-bond acceptors (Lipinski definition) is 2. The van der Waals surface area contributed by atoms with Crippen LogP contribution >= 0.6 is 12.6 Å². The van der Waals surface area contributed by atoms with Crippen LogP contribution in [0.5, 0.6) is 0 Å². The van der Waals surface area contributed by atoms with Crippen molar-refractivity contribution in [2.75, 3.05) is 24.2 Å². The minimum Gasteiger partial charge on any atom is -0.374 e. The third-order valence-electron chi connectivity index (χ3n) is 2.00. The minimum atomic E-state index is -0.809. The molecule has 4 heteroatoms. The molecule has 0 heterocycles. The number of anilines is 1. The standard InChI is InChI=1S/C10H13F2NS/c1-13(5-2-6-14)8-3-4-9(11)10(12)7-8/h3-4,7,14H,2,5-6H2,1H3. The Hall–Kier alpha value is -0.770. The molecule has 1 aromatic rings. The van der Waals surface area contributed by atoms with Crippen molar-refractivity contribution in [2.45, 2.75) is 6.42 Å². The van der Waals surface area contributed by atoms with Gasteiger partial charge in [0.05, 0.1) is 0 Å². The van der Waals surface area contributed by atoms with Crippen molar-refractivity contribution in [2.24, 2.45) is 0 Å². The molecular weight excluding hydrogens is 204 g/mol. The molecule has 0 amide bonds. The molecule has 0 spiro atoms. The fourth-order valence-corrected chi connectivity index (χ4v) is 1.30. The Morgan fingerprint density at radius 1 is 1.29 bits per heavy atom. The Morgan fingerprint density at radius 3 is 2.57 bits per heavy atom. The maximum Gasteiger partial charge on any atom is 0.160 e. The Morgan fingerprint density at radius 2 is 2.00 bits per heavy atom. The van der Waals surface area contributed by atoms with Gasteiger partial charge in [0.1, 0.15) is 0 Å². The highest BCUT2D eigenvalue weighted by atomic mass is 32.1. The molecule has 0 aliphatic heterocycles. The van der Waals surface area contributed by atoms with Crippen LogP contribution in [0.1, 0.15) is 6.42 Å². The summed E-state index contributed by atoms with van der Waals surface area (Å²) in [5, 5.41) is 0. The van der Waals surface area contributed by atoms with Gasteiger partial charge in [0, 0.05) is 25.3 Å². The van der Waals surface area contributed by atoms with Crippen LogP contribution in [0.2, 0.25) is 0 Å². The number of benzene rings is 1. The van der Waals surface area contributed by atoms with Crippen molar-refractivity contribution < 1.29 is 8.78 Å². The molecule has 14 heavy (non-hydrogen) atoms. The van der Waals surface area contributed by atoms with Gasteiger partial charge >= 0.3 is 0 Å². The van der Waals surface area contributed by atoms with Gasteiger partial charge in [0.15, 0.2) is 11.6 Å². The second kappa shape index (κ2) is 5.20. The lowest BCUT2D eigenvalue weighted by atomic mass is 10.2. The first-order valence-electron chi connectivity index (χ1n) is 4.42. The molecule has 1 aromatic carbocycles. The van der Waals surface area contributed by atoms with Crippen molar-refractivity contribution in [3.63, 3.8) is 0 Å². The summed E-state index contributed by atoms with van der Waals surface area (Å²) in [6, 6.07) is 3.91. The smallest absolute Gasteiger partial charge is 0.160 e. The molecule has 0 fully saturated rings. The zero-order chi connectivity index (χ0) is 10.6. The normalized spacial score (nSPS) is 10.3. The van der Waals surface area contributed by atoms with Crippen LogP contribution in [0.25, 0.3) is 0 Å². The molecule has 1 rings (SSSR count). The van der Waals surface area contributed by atoms with Crippen LogP contribution in [-0.4, -0.2) is 19.3 Å². The van der Waals surface area contributed by atoms with E-state index in [1.165, 1.54) is 6.07 Å². The number of thiol groups is 1. The summed E-state index contributed by atoms with van der Waals surface area (Å²) in [6.45, 7) is 0.786. The maximum atomic E-state index is 12.8. The van der Waals surface area contributed by atoms with Crippen LogP contribution in [0.4, 0.5) is 14.5 Å². The molecule has 0 N–H and O–H groups in total. The first-order valence-corrected chi connectivity index (χ1v) is 5.05. The van der Waals surface area contributed by atoms with E-state index in [-0.39, 0.29) is 0 Å². The van der Waals surface area contributed by atoms with Gasteiger partial charge in [-0.2, -0.15) is 12.6 Å². The Labute approximate surface area is 88.1 Å². The highest BCUT2D eigenvalue weighted by Crippen LogP contribution is 2.16. The zero-order valence-corrected chi connectivity index (χ0v) is 8.90. The molecule has 0 saturated heterocycles. The lowest BCUT2D eigenvalue weighted by molar-refractivity contribution is 0.508. The molecule has 0 aliphatic rings. The summed E-state index contributed by atoms with van der Waals surface area (Å²) in [5.74, 6) is -0.829. The fourth-order valence-electron chi connectivity index (χ4n) is 1.16. The first-order chi connectivity index (χ1) is 6.65. The third kappa shape index (κ3) is 2.87. The predicted octanol–water partition coefficient (Wildman–Crippen LogP) is 2.72. The minimum absolute atomic E-state index is 0.686. The van der Waals surface area contributed by atoms with E-state index in [9.17, 15) is 8.78 Å². The summed E-state index contributed by atoms with van der Waals surface area (Å²) in [5.41, 5.74) is 0.686. The summed E-state index contributed by atoms with van der Waals surface area (Å²) in [6.07, 6.45) is 0.915. The van der Waals surface area contributed by atoms with Crippen LogP contribution in [0, 0.1) is 11.6 Å². The lowest BCUT2D eigenvalue weighted by Crippen LogP contribution is -2.18. The molecular formula is C10H13F2NS. The van der Waals surface area contributed by atoms with Gasteiger partial charge in [-0.3, -0.25) is 0 Å². The van der Waals surface area contributed by atoms with Gasteiger partial charge in [-0.25, -0.2) is 8.78 Å². The van der Waals surface area contributed by atoms with Crippen LogP contribution in [0.3, 0.4) is 0 Å². The van der Waals surface area contributed by atoms with Gasteiger partial charge < -0.3 is 4.90 Å². The van der Waals surface area contributed by atoms with E-state index in [0.29, 0.717) is 5.69 Å². The highest BCUT2D eigenvalue weighted by Gasteiger charge is 2.05. The van der Waals surface area contributed by atoms with Crippen molar-refractivity contribution in [1.29, 1.82) is 0 Å². The maximum absolute atomic E-state index is 12.8. The average molecular weight is 217 g/mol. The Balaban J connectivity index is 2.70. The number of rotatable bonds is 4. The number of hydrogen-bond donors (Lipinski definition) is 1. The second-order valence-corrected chi connectivity index (χ2v) is 3.54. The molecule has 1 nitrogen and oxygen atoms in total. The lowest BCUT2D eigenvalue weighted by Gasteiger charge is -2.18. The summed E-state index contributed by atoms with van der Waals surface area (Å²) in [7, 11) is 1.84. The predicted molar refractivity (Wildman–Crippen MR) is 58.1 cm³/mol. The van der Waals surface area contributed by atoms with E-state index in [1.807, 2.05) is 11.9 Å². The summed E-state index contributed by atoms with van der Waals surface area (Å²) < 4.78 is 25.5. The largest absolute Gasteiger partial charge is 0.374 e. The van der Waals surface area contributed by atoms with Gasteiger partial charge in [-0.1, -0.05) is 0 Å². The highest BCUT2D eigenvalue weighted by molar-refractivity contribution is 7.80. The van der Waals surface area contributed by atoms with Crippen LogP contribution < -0.4 is 4.90 Å². The van der Waals surface area contributed by atoms with Gasteiger partial charge in [-0.15, -0.1) is 0 Å². The van der Waals surface area contributed by atoms with E-state index in [4.69, 9.17) is 0 Å². The Kier molecular flexibility index (Phi) is 4.20. The fraction of sp³-hybridized carbons (Fsp3) is 0.400. The molecule has 0 aliphatic carbocycles. The topological polar surface area (TPSA) is 3.24 Å². The van der Waals surface area contributed by atoms with Crippen molar-refractivity contribution in [1.82, 2.24) is 0 Å². The molecule has 78 valence electrons. The van der Waals surface area contributed by atoms with Crippen molar-refractivity contribution in [3.05, 3.63) is 29.8 Å². The summed E-state index contributed by atoms with van der Waals surface area (Å²) >= 11 is 4.08. The molecule has 0 saturated carbocycles. The molecule has 0 bridgehead atoms. The number of halogens is 2. The van der Waals surface area contributed by atoms with Crippen LogP contribution in [-0.2, 0) is 0 Å². The Bertz CT molecular complexity index is 304. The zero-order valence-electron chi connectivity index (χ0n) is 8.00.